The summed E-state index contributed by atoms with van der Waals surface area (Å²) in [6.07, 6.45) is 3.16. The minimum absolute atomic E-state index is 0.205. The molecule has 0 aliphatic heterocycles. The second kappa shape index (κ2) is 8.40. The van der Waals surface area contributed by atoms with Crippen LogP contribution in [-0.2, 0) is 0 Å². The SMILES string of the molecule is Cc1cccc(-c2nn(-c3ccccc3)cc2C(=O)NNC(=O)c2ccccn2)c1. The molecular formula is C23H19N5O2. The molecule has 0 radical (unpaired) electrons. The van der Waals surface area contributed by atoms with E-state index in [2.05, 4.69) is 20.9 Å². The summed E-state index contributed by atoms with van der Waals surface area (Å²) in [6, 6.07) is 22.2. The molecule has 2 heterocycles. The van der Waals surface area contributed by atoms with Crippen molar-refractivity contribution in [3.05, 3.63) is 102 Å². The molecule has 0 saturated carbocycles. The molecule has 4 aromatic rings. The molecule has 0 bridgehead atoms. The van der Waals surface area contributed by atoms with Gasteiger partial charge in [-0.3, -0.25) is 25.4 Å². The molecule has 7 heteroatoms. The number of aromatic nitrogens is 3. The van der Waals surface area contributed by atoms with E-state index in [4.69, 9.17) is 0 Å². The molecule has 0 aliphatic carbocycles. The van der Waals surface area contributed by atoms with Crippen LogP contribution in [0.25, 0.3) is 16.9 Å². The van der Waals surface area contributed by atoms with Crippen LogP contribution in [0.15, 0.2) is 85.2 Å². The maximum absolute atomic E-state index is 12.9. The molecule has 30 heavy (non-hydrogen) atoms. The fraction of sp³-hybridized carbons (Fsp3) is 0.0435. The summed E-state index contributed by atoms with van der Waals surface area (Å²) in [7, 11) is 0. The lowest BCUT2D eigenvalue weighted by molar-refractivity contribution is 0.0844. The lowest BCUT2D eigenvalue weighted by Gasteiger charge is -2.07. The number of carbonyl (C=O) groups excluding carboxylic acids is 2. The quantitative estimate of drug-likeness (QED) is 0.517. The lowest BCUT2D eigenvalue weighted by atomic mass is 10.1. The zero-order valence-electron chi connectivity index (χ0n) is 16.2. The van der Waals surface area contributed by atoms with Crippen molar-refractivity contribution < 1.29 is 9.59 Å². The van der Waals surface area contributed by atoms with Gasteiger partial charge in [0.1, 0.15) is 11.4 Å². The predicted molar refractivity (Wildman–Crippen MR) is 113 cm³/mol. The summed E-state index contributed by atoms with van der Waals surface area (Å²) >= 11 is 0. The van der Waals surface area contributed by atoms with Gasteiger partial charge in [-0.1, -0.05) is 48.0 Å². The van der Waals surface area contributed by atoms with E-state index in [0.717, 1.165) is 16.8 Å². The summed E-state index contributed by atoms with van der Waals surface area (Å²) in [5.74, 6) is -0.977. The van der Waals surface area contributed by atoms with Crippen molar-refractivity contribution in [1.82, 2.24) is 25.6 Å². The van der Waals surface area contributed by atoms with Gasteiger partial charge in [0.2, 0.25) is 0 Å². The van der Waals surface area contributed by atoms with E-state index in [1.165, 1.54) is 6.20 Å². The number of nitrogens with one attached hydrogen (secondary N) is 2. The fourth-order valence-corrected chi connectivity index (χ4v) is 3.00. The second-order valence-corrected chi connectivity index (χ2v) is 6.66. The molecule has 4 rings (SSSR count). The third-order valence-electron chi connectivity index (χ3n) is 4.46. The first-order chi connectivity index (χ1) is 14.6. The van der Waals surface area contributed by atoms with E-state index < -0.39 is 11.8 Å². The number of para-hydroxylation sites is 1. The highest BCUT2D eigenvalue weighted by molar-refractivity contribution is 6.02. The van der Waals surface area contributed by atoms with Gasteiger partial charge in [0.25, 0.3) is 11.8 Å². The highest BCUT2D eigenvalue weighted by atomic mass is 16.2. The molecular weight excluding hydrogens is 378 g/mol. The van der Waals surface area contributed by atoms with Gasteiger partial charge >= 0.3 is 0 Å². The molecule has 2 amide bonds. The van der Waals surface area contributed by atoms with Crippen LogP contribution in [0.2, 0.25) is 0 Å². The zero-order chi connectivity index (χ0) is 20.9. The largest absolute Gasteiger partial charge is 0.288 e. The first-order valence-electron chi connectivity index (χ1n) is 9.35. The zero-order valence-corrected chi connectivity index (χ0v) is 16.2. The lowest BCUT2D eigenvalue weighted by Crippen LogP contribution is -2.42. The Hall–Kier alpha value is -4.26. The summed E-state index contributed by atoms with van der Waals surface area (Å²) in [5.41, 5.74) is 8.60. The molecule has 2 aromatic carbocycles. The number of hydrogen-bond acceptors (Lipinski definition) is 4. The van der Waals surface area contributed by atoms with Crippen molar-refractivity contribution in [2.45, 2.75) is 6.92 Å². The molecule has 0 aliphatic rings. The minimum atomic E-state index is -0.503. The standard InChI is InChI=1S/C23H19N5O2/c1-16-8-7-9-17(14-16)21-19(15-28(27-21)18-10-3-2-4-11-18)22(29)25-26-23(30)20-12-5-6-13-24-20/h2-15H,1H3,(H,25,29)(H,26,30). The van der Waals surface area contributed by atoms with Gasteiger partial charge in [0.05, 0.1) is 11.3 Å². The van der Waals surface area contributed by atoms with Gasteiger partial charge in [-0.2, -0.15) is 5.10 Å². The van der Waals surface area contributed by atoms with Crippen molar-refractivity contribution >= 4 is 11.8 Å². The van der Waals surface area contributed by atoms with E-state index in [-0.39, 0.29) is 5.69 Å². The fourth-order valence-electron chi connectivity index (χ4n) is 3.00. The van der Waals surface area contributed by atoms with Gasteiger partial charge in [0, 0.05) is 18.0 Å². The number of pyridine rings is 1. The monoisotopic (exact) mass is 397 g/mol. The predicted octanol–water partition coefficient (Wildman–Crippen LogP) is 3.32. The number of hydrazine groups is 1. The highest BCUT2D eigenvalue weighted by Crippen LogP contribution is 2.24. The van der Waals surface area contributed by atoms with Crippen molar-refractivity contribution in [3.63, 3.8) is 0 Å². The van der Waals surface area contributed by atoms with Gasteiger partial charge in [-0.05, 0) is 37.3 Å². The van der Waals surface area contributed by atoms with Crippen LogP contribution in [0, 0.1) is 6.92 Å². The molecule has 0 saturated heterocycles. The number of aryl methyl sites for hydroxylation is 1. The van der Waals surface area contributed by atoms with Crippen molar-refractivity contribution in [1.29, 1.82) is 0 Å². The van der Waals surface area contributed by atoms with Crippen molar-refractivity contribution in [2.75, 3.05) is 0 Å². The highest BCUT2D eigenvalue weighted by Gasteiger charge is 2.19. The first kappa shape index (κ1) is 19.1. The number of benzene rings is 2. The molecule has 2 N–H and O–H groups in total. The van der Waals surface area contributed by atoms with Crippen molar-refractivity contribution in [2.24, 2.45) is 0 Å². The van der Waals surface area contributed by atoms with Gasteiger partial charge in [-0.15, -0.1) is 0 Å². The second-order valence-electron chi connectivity index (χ2n) is 6.66. The molecule has 0 spiro atoms. The van der Waals surface area contributed by atoms with E-state index in [9.17, 15) is 9.59 Å². The summed E-state index contributed by atoms with van der Waals surface area (Å²) in [4.78, 5) is 29.1. The molecule has 148 valence electrons. The van der Waals surface area contributed by atoms with Crippen LogP contribution in [0.5, 0.6) is 0 Å². The summed E-state index contributed by atoms with van der Waals surface area (Å²) in [6.45, 7) is 1.98. The Morgan fingerprint density at radius 2 is 1.63 bits per heavy atom. The molecule has 2 aromatic heterocycles. The minimum Gasteiger partial charge on any atom is -0.267 e. The number of amides is 2. The van der Waals surface area contributed by atoms with E-state index >= 15 is 0 Å². The molecule has 0 fully saturated rings. The van der Waals surface area contributed by atoms with E-state index in [0.29, 0.717) is 11.3 Å². The summed E-state index contributed by atoms with van der Waals surface area (Å²) in [5, 5.41) is 4.63. The maximum atomic E-state index is 12.9. The van der Waals surface area contributed by atoms with Crippen LogP contribution in [0.3, 0.4) is 0 Å². The summed E-state index contributed by atoms with van der Waals surface area (Å²) < 4.78 is 1.65. The number of nitrogens with zero attached hydrogens (tertiary/aromatic N) is 3. The van der Waals surface area contributed by atoms with Gasteiger partial charge in [0.15, 0.2) is 0 Å². The van der Waals surface area contributed by atoms with Gasteiger partial charge in [-0.25, -0.2) is 4.68 Å². The van der Waals surface area contributed by atoms with E-state index in [1.807, 2.05) is 61.5 Å². The molecule has 7 nitrogen and oxygen atoms in total. The molecule has 0 atom stereocenters. The number of carbonyl (C=O) groups is 2. The van der Waals surface area contributed by atoms with Crippen LogP contribution in [0.4, 0.5) is 0 Å². The Balaban J connectivity index is 1.64. The third kappa shape index (κ3) is 4.10. The Bertz CT molecular complexity index is 1190. The topological polar surface area (TPSA) is 88.9 Å². The van der Waals surface area contributed by atoms with Crippen molar-refractivity contribution in [3.8, 4) is 16.9 Å². The Labute approximate surface area is 173 Å². The average Bonchev–Trinajstić information content (AvgIpc) is 3.24. The van der Waals surface area contributed by atoms with Gasteiger partial charge < -0.3 is 0 Å². The van der Waals surface area contributed by atoms with Crippen LogP contribution < -0.4 is 10.9 Å². The first-order valence-corrected chi connectivity index (χ1v) is 9.35. The molecule has 0 unspecified atom stereocenters. The van der Waals surface area contributed by atoms with E-state index in [1.54, 1.807) is 29.1 Å². The number of rotatable bonds is 4. The van der Waals surface area contributed by atoms with Crippen LogP contribution in [-0.4, -0.2) is 26.6 Å². The Kier molecular flexibility index (Phi) is 5.34. The Morgan fingerprint density at radius 1 is 0.867 bits per heavy atom. The van der Waals surface area contributed by atoms with Crippen LogP contribution >= 0.6 is 0 Å². The number of hydrogen-bond donors (Lipinski definition) is 2. The Morgan fingerprint density at radius 3 is 2.37 bits per heavy atom. The normalized spacial score (nSPS) is 10.4. The third-order valence-corrected chi connectivity index (χ3v) is 4.46. The average molecular weight is 397 g/mol. The maximum Gasteiger partial charge on any atom is 0.288 e. The smallest absolute Gasteiger partial charge is 0.267 e. The van der Waals surface area contributed by atoms with Crippen LogP contribution in [0.1, 0.15) is 26.4 Å².